The second-order valence-electron chi connectivity index (χ2n) is 5.79. The predicted molar refractivity (Wildman–Crippen MR) is 104 cm³/mol. The number of allylic oxidation sites excluding steroid dienone is 2. The van der Waals surface area contributed by atoms with Gasteiger partial charge in [0.25, 0.3) is 0 Å². The smallest absolute Gasteiger partial charge is 0.213 e. The van der Waals surface area contributed by atoms with Gasteiger partial charge in [0.15, 0.2) is 0 Å². The quantitative estimate of drug-likeness (QED) is 0.586. The van der Waals surface area contributed by atoms with Crippen LogP contribution in [0.2, 0.25) is 15.1 Å². The lowest BCUT2D eigenvalue weighted by atomic mass is 10.0. The van der Waals surface area contributed by atoms with E-state index in [4.69, 9.17) is 39.5 Å². The molecule has 0 amide bonds. The van der Waals surface area contributed by atoms with E-state index in [1.807, 2.05) is 0 Å². The van der Waals surface area contributed by atoms with Crippen LogP contribution in [-0.4, -0.2) is 18.7 Å². The fourth-order valence-electron chi connectivity index (χ4n) is 3.03. The number of Topliss-reactive ketones (excluding diaryl/α,β-unsaturated/α-hetero) is 2. The molecule has 1 N–H and O–H groups in total. The zero-order chi connectivity index (χ0) is 18.7. The Labute approximate surface area is 168 Å². The number of methoxy groups -OCH3 is 1. The molecule has 2 heterocycles. The number of carbonyl (C=O) groups is 2. The molecule has 0 aliphatic carbocycles. The van der Waals surface area contributed by atoms with E-state index in [0.717, 1.165) is 11.8 Å². The first-order valence-corrected chi connectivity index (χ1v) is 9.43. The second kappa shape index (κ2) is 6.20. The number of hydrogen-bond acceptors (Lipinski definition) is 5. The van der Waals surface area contributed by atoms with Crippen LogP contribution in [0.1, 0.15) is 26.3 Å². The molecule has 0 saturated carbocycles. The summed E-state index contributed by atoms with van der Waals surface area (Å²) >= 11 is 19.6. The largest absolute Gasteiger partial charge is 0.494 e. The van der Waals surface area contributed by atoms with Gasteiger partial charge in [-0.25, -0.2) is 0 Å². The summed E-state index contributed by atoms with van der Waals surface area (Å²) < 4.78 is 5.32. The molecule has 0 saturated heterocycles. The maximum atomic E-state index is 13.0. The lowest BCUT2D eigenvalue weighted by Crippen LogP contribution is -2.08. The molecule has 2 aromatic rings. The van der Waals surface area contributed by atoms with E-state index in [2.05, 4.69) is 5.32 Å². The molecule has 2 aromatic carbocycles. The van der Waals surface area contributed by atoms with E-state index in [1.165, 1.54) is 7.11 Å². The SMILES string of the molecule is COc1cc(Cl)c(C)c2c1NC(=C1Sc3c(Cl)cc(Cl)cc3C1=O)C2=O. The van der Waals surface area contributed by atoms with Crippen molar-refractivity contribution in [1.29, 1.82) is 0 Å². The Morgan fingerprint density at radius 1 is 1.04 bits per heavy atom. The minimum Gasteiger partial charge on any atom is -0.494 e. The van der Waals surface area contributed by atoms with Gasteiger partial charge in [-0.05, 0) is 24.6 Å². The number of benzene rings is 2. The van der Waals surface area contributed by atoms with E-state index in [0.29, 0.717) is 48.1 Å². The van der Waals surface area contributed by atoms with Crippen molar-refractivity contribution in [3.63, 3.8) is 0 Å². The summed E-state index contributed by atoms with van der Waals surface area (Å²) in [7, 11) is 1.49. The summed E-state index contributed by atoms with van der Waals surface area (Å²) in [5, 5.41) is 4.21. The van der Waals surface area contributed by atoms with Crippen molar-refractivity contribution in [1.82, 2.24) is 0 Å². The zero-order valence-corrected chi connectivity index (χ0v) is 16.6. The summed E-state index contributed by atoms with van der Waals surface area (Å²) in [5.74, 6) is -0.154. The standard InChI is InChI=1S/C18H10Cl3NO3S/c1-6-9(20)5-11(25-2)13-12(6)16(24)14(22-13)18-15(23)8-3-7(19)4-10(21)17(8)26-18/h3-5,22H,1-2H3. The van der Waals surface area contributed by atoms with Crippen molar-refractivity contribution in [2.45, 2.75) is 11.8 Å². The Hall–Kier alpha value is -1.66. The lowest BCUT2D eigenvalue weighted by Gasteiger charge is -2.10. The van der Waals surface area contributed by atoms with Crippen LogP contribution in [0.4, 0.5) is 5.69 Å². The zero-order valence-electron chi connectivity index (χ0n) is 13.5. The van der Waals surface area contributed by atoms with Crippen LogP contribution in [0.15, 0.2) is 33.7 Å². The molecule has 0 radical (unpaired) electrons. The third-order valence-electron chi connectivity index (χ3n) is 4.30. The Balaban J connectivity index is 1.89. The lowest BCUT2D eigenvalue weighted by molar-refractivity contribution is 0.101. The molecule has 2 aliphatic rings. The maximum absolute atomic E-state index is 13.0. The fraction of sp³-hybridized carbons (Fsp3) is 0.111. The van der Waals surface area contributed by atoms with Crippen LogP contribution in [-0.2, 0) is 0 Å². The highest BCUT2D eigenvalue weighted by molar-refractivity contribution is 8.04. The molecule has 0 aromatic heterocycles. The molecular formula is C18H10Cl3NO3S. The molecule has 4 nitrogen and oxygen atoms in total. The molecule has 0 unspecified atom stereocenters. The first-order valence-electron chi connectivity index (χ1n) is 7.48. The Bertz CT molecular complexity index is 1060. The number of rotatable bonds is 1. The van der Waals surface area contributed by atoms with Crippen molar-refractivity contribution in [3.8, 4) is 5.75 Å². The van der Waals surface area contributed by atoms with Crippen molar-refractivity contribution in [2.75, 3.05) is 12.4 Å². The third-order valence-corrected chi connectivity index (χ3v) is 6.56. The van der Waals surface area contributed by atoms with Crippen LogP contribution >= 0.6 is 46.6 Å². The molecule has 0 spiro atoms. The highest BCUT2D eigenvalue weighted by Crippen LogP contribution is 2.50. The molecule has 2 aliphatic heterocycles. The minimum atomic E-state index is -0.302. The number of nitrogens with one attached hydrogen (secondary N) is 1. The summed E-state index contributed by atoms with van der Waals surface area (Å²) in [6, 6.07) is 4.76. The number of ether oxygens (including phenoxy) is 1. The van der Waals surface area contributed by atoms with Crippen molar-refractivity contribution in [2.24, 2.45) is 0 Å². The van der Waals surface area contributed by atoms with Gasteiger partial charge in [-0.3, -0.25) is 9.59 Å². The molecule has 8 heteroatoms. The first-order chi connectivity index (χ1) is 12.3. The Kier molecular flexibility index (Phi) is 4.23. The van der Waals surface area contributed by atoms with Gasteiger partial charge < -0.3 is 10.1 Å². The van der Waals surface area contributed by atoms with Crippen LogP contribution in [0, 0.1) is 6.92 Å². The minimum absolute atomic E-state index is 0.196. The normalized spacial score (nSPS) is 18.0. The van der Waals surface area contributed by atoms with Crippen molar-refractivity contribution in [3.05, 3.63) is 60.6 Å². The van der Waals surface area contributed by atoms with Crippen LogP contribution in [0.3, 0.4) is 0 Å². The van der Waals surface area contributed by atoms with Gasteiger partial charge in [0.1, 0.15) is 11.4 Å². The summed E-state index contributed by atoms with van der Waals surface area (Å²) in [6.45, 7) is 1.75. The number of fused-ring (bicyclic) bond motifs is 2. The number of carbonyl (C=O) groups excluding carboxylic acids is 2. The van der Waals surface area contributed by atoms with Gasteiger partial charge in [0.05, 0.1) is 28.3 Å². The highest BCUT2D eigenvalue weighted by atomic mass is 35.5. The Morgan fingerprint density at radius 2 is 1.77 bits per heavy atom. The fourth-order valence-corrected chi connectivity index (χ4v) is 4.90. The topological polar surface area (TPSA) is 55.4 Å². The van der Waals surface area contributed by atoms with Crippen molar-refractivity contribution < 1.29 is 14.3 Å². The highest BCUT2D eigenvalue weighted by Gasteiger charge is 2.38. The predicted octanol–water partition coefficient (Wildman–Crippen LogP) is 5.77. The summed E-state index contributed by atoms with van der Waals surface area (Å²) in [4.78, 5) is 26.7. The summed E-state index contributed by atoms with van der Waals surface area (Å²) in [6.07, 6.45) is 0. The van der Waals surface area contributed by atoms with E-state index < -0.39 is 0 Å². The number of ketones is 2. The average Bonchev–Trinajstić information content (AvgIpc) is 3.10. The number of hydrogen-bond donors (Lipinski definition) is 1. The van der Waals surface area contributed by atoms with E-state index >= 15 is 0 Å². The molecule has 0 atom stereocenters. The van der Waals surface area contributed by atoms with Crippen LogP contribution in [0.25, 0.3) is 0 Å². The van der Waals surface area contributed by atoms with E-state index in [9.17, 15) is 9.59 Å². The van der Waals surface area contributed by atoms with E-state index in [1.54, 1.807) is 25.1 Å². The van der Waals surface area contributed by atoms with Gasteiger partial charge in [0, 0.05) is 26.6 Å². The van der Waals surface area contributed by atoms with Crippen molar-refractivity contribution >= 4 is 63.8 Å². The Morgan fingerprint density at radius 3 is 2.46 bits per heavy atom. The van der Waals surface area contributed by atoms with E-state index in [-0.39, 0.29) is 22.2 Å². The van der Waals surface area contributed by atoms with Gasteiger partial charge in [-0.15, -0.1) is 0 Å². The maximum Gasteiger partial charge on any atom is 0.213 e. The number of thioether (sulfide) groups is 1. The monoisotopic (exact) mass is 425 g/mol. The molecule has 0 bridgehead atoms. The van der Waals surface area contributed by atoms with Gasteiger partial charge >= 0.3 is 0 Å². The molecule has 132 valence electrons. The van der Waals surface area contributed by atoms with Gasteiger partial charge in [-0.2, -0.15) is 0 Å². The van der Waals surface area contributed by atoms with Gasteiger partial charge in [-0.1, -0.05) is 46.6 Å². The first kappa shape index (κ1) is 17.7. The molecular weight excluding hydrogens is 417 g/mol. The van der Waals surface area contributed by atoms with Gasteiger partial charge in [0.2, 0.25) is 11.6 Å². The second-order valence-corrected chi connectivity index (χ2v) is 8.06. The third kappa shape index (κ3) is 2.46. The molecule has 26 heavy (non-hydrogen) atoms. The average molecular weight is 427 g/mol. The number of halogens is 3. The molecule has 4 rings (SSSR count). The van der Waals surface area contributed by atoms with Crippen LogP contribution in [0.5, 0.6) is 5.75 Å². The summed E-state index contributed by atoms with van der Waals surface area (Å²) in [5.41, 5.74) is 2.13. The number of anilines is 1. The molecule has 0 fully saturated rings. The van der Waals surface area contributed by atoms with Crippen LogP contribution < -0.4 is 10.1 Å².